The lowest BCUT2D eigenvalue weighted by atomic mass is 9.85. The normalized spacial score (nSPS) is 23.6. The molecule has 0 bridgehead atoms. The molecule has 2 saturated carbocycles. The number of amides is 3. The number of halogens is 1. The van der Waals surface area contributed by atoms with Crippen LogP contribution in [0.4, 0.5) is 5.69 Å². The summed E-state index contributed by atoms with van der Waals surface area (Å²) < 4.78 is 63.6. The van der Waals surface area contributed by atoms with Gasteiger partial charge in [-0.15, -0.1) is 6.58 Å². The number of aromatic nitrogens is 1. The van der Waals surface area contributed by atoms with E-state index in [1.807, 2.05) is 0 Å². The first-order chi connectivity index (χ1) is 25.3. The van der Waals surface area contributed by atoms with Gasteiger partial charge < -0.3 is 14.8 Å². The van der Waals surface area contributed by atoms with E-state index in [1.165, 1.54) is 37.6 Å². The summed E-state index contributed by atoms with van der Waals surface area (Å²) in [6, 6.07) is 8.53. The zero-order valence-electron chi connectivity index (χ0n) is 30.2. The van der Waals surface area contributed by atoms with Crippen LogP contribution >= 0.6 is 11.6 Å². The Morgan fingerprint density at radius 1 is 1.09 bits per heavy atom. The number of nitrogens with one attached hydrogen (secondary N) is 3. The molecule has 54 heavy (non-hydrogen) atoms. The minimum atomic E-state index is -3.94. The van der Waals surface area contributed by atoms with E-state index in [2.05, 4.69) is 26.9 Å². The molecule has 1 aromatic heterocycles. The Morgan fingerprint density at radius 3 is 2.35 bits per heavy atom. The second-order valence-electron chi connectivity index (χ2n) is 15.0. The number of pyridine rings is 1. The van der Waals surface area contributed by atoms with Crippen molar-refractivity contribution in [2.75, 3.05) is 19.0 Å². The number of nitrogens with two attached hydrogens (primary N) is 1. The summed E-state index contributed by atoms with van der Waals surface area (Å²) in [4.78, 5) is 48.1. The van der Waals surface area contributed by atoms with Gasteiger partial charge >= 0.3 is 0 Å². The highest BCUT2D eigenvalue weighted by atomic mass is 35.5. The maximum atomic E-state index is 14.3. The average Bonchev–Trinajstić information content (AvgIpc) is 4.03. The van der Waals surface area contributed by atoms with E-state index in [-0.39, 0.29) is 30.2 Å². The molecule has 15 nitrogen and oxygen atoms in total. The van der Waals surface area contributed by atoms with Crippen molar-refractivity contribution in [2.24, 2.45) is 16.5 Å². The number of sulfonamides is 2. The topological polar surface area (TPSA) is 216 Å². The van der Waals surface area contributed by atoms with Crippen LogP contribution in [0.25, 0.3) is 10.8 Å². The van der Waals surface area contributed by atoms with Crippen LogP contribution in [0.15, 0.2) is 66.2 Å². The lowest BCUT2D eigenvalue weighted by molar-refractivity contribution is -0.136. The van der Waals surface area contributed by atoms with Gasteiger partial charge in [0.25, 0.3) is 5.91 Å². The molecule has 3 aliphatic rings. The monoisotopic (exact) mass is 802 g/mol. The number of carbonyl (C=O) groups excluding carboxylic acids is 3. The zero-order valence-corrected chi connectivity index (χ0v) is 32.6. The molecule has 290 valence electrons. The molecular formula is C36H43ClN6O9S2. The molecule has 2 heterocycles. The summed E-state index contributed by atoms with van der Waals surface area (Å²) in [5.74, 6) is -2.00. The van der Waals surface area contributed by atoms with Crippen molar-refractivity contribution in [2.45, 2.75) is 80.3 Å². The number of rotatable bonds is 13. The molecule has 2 aliphatic carbocycles. The molecule has 0 unspecified atom stereocenters. The van der Waals surface area contributed by atoms with Gasteiger partial charge in [0.15, 0.2) is 0 Å². The van der Waals surface area contributed by atoms with Crippen LogP contribution in [0.2, 0.25) is 5.02 Å². The molecule has 2 aromatic carbocycles. The number of methoxy groups -OCH3 is 1. The predicted molar refractivity (Wildman–Crippen MR) is 202 cm³/mol. The second kappa shape index (κ2) is 14.4. The minimum Gasteiger partial charge on any atom is -0.494 e. The van der Waals surface area contributed by atoms with Crippen LogP contribution in [0.3, 0.4) is 0 Å². The number of benzene rings is 2. The first kappa shape index (κ1) is 39.4. The van der Waals surface area contributed by atoms with Crippen molar-refractivity contribution in [1.82, 2.24) is 19.9 Å². The van der Waals surface area contributed by atoms with Gasteiger partial charge in [-0.1, -0.05) is 38.4 Å². The Bertz CT molecular complexity index is 2230. The first-order valence-electron chi connectivity index (χ1n) is 17.3. The maximum Gasteiger partial charge on any atom is 0.254 e. The van der Waals surface area contributed by atoms with E-state index in [1.54, 1.807) is 49.9 Å². The van der Waals surface area contributed by atoms with E-state index in [4.69, 9.17) is 26.2 Å². The number of anilines is 1. The van der Waals surface area contributed by atoms with Crippen molar-refractivity contribution < 1.29 is 40.7 Å². The fraction of sp³-hybridized carbons (Fsp3) is 0.444. The molecule has 3 fully saturated rings. The summed E-state index contributed by atoms with van der Waals surface area (Å²) in [5.41, 5.74) is -1.81. The van der Waals surface area contributed by atoms with Crippen LogP contribution < -0.4 is 30.0 Å². The highest BCUT2D eigenvalue weighted by Gasteiger charge is 2.67. The van der Waals surface area contributed by atoms with Crippen molar-refractivity contribution in [1.29, 1.82) is 0 Å². The number of hydrogen-bond acceptors (Lipinski definition) is 12. The third-order valence-corrected chi connectivity index (χ3v) is 13.1. The Labute approximate surface area is 319 Å². The van der Waals surface area contributed by atoms with E-state index in [0.29, 0.717) is 40.1 Å². The molecule has 3 amide bonds. The van der Waals surface area contributed by atoms with Gasteiger partial charge in [0.05, 0.1) is 29.5 Å². The van der Waals surface area contributed by atoms with Gasteiger partial charge in [-0.25, -0.2) is 27.0 Å². The SMILES string of the molecule is C=C[C@@H]1C[C@@]1(C(=O)NS(=O)(=O)C1CC1)N1C[C@H](Oc2ncc(OC)c3ccc(Cl)cc23)C[C@H]1C(=O)NC(=O)[C@@H](Nc1ccc(S(N)(=O)=O)cc1)C(C)(C)C. The van der Waals surface area contributed by atoms with Crippen LogP contribution in [0.5, 0.6) is 11.6 Å². The summed E-state index contributed by atoms with van der Waals surface area (Å²) in [6.45, 7) is 9.23. The van der Waals surface area contributed by atoms with Crippen molar-refractivity contribution in [3.63, 3.8) is 0 Å². The summed E-state index contributed by atoms with van der Waals surface area (Å²) in [6.07, 6.45) is 3.38. The Morgan fingerprint density at radius 2 is 1.78 bits per heavy atom. The van der Waals surface area contributed by atoms with Crippen LogP contribution in [-0.4, -0.2) is 87.1 Å². The third-order valence-electron chi connectivity index (χ3n) is 10.1. The number of carbonyl (C=O) groups is 3. The third kappa shape index (κ3) is 7.91. The second-order valence-corrected chi connectivity index (χ2v) is 18.9. The number of fused-ring (bicyclic) bond motifs is 1. The molecule has 5 N–H and O–H groups in total. The molecule has 18 heteroatoms. The summed E-state index contributed by atoms with van der Waals surface area (Å²) >= 11 is 6.33. The smallest absolute Gasteiger partial charge is 0.254 e. The van der Waals surface area contributed by atoms with Crippen LogP contribution in [0, 0.1) is 11.3 Å². The molecule has 1 saturated heterocycles. The van der Waals surface area contributed by atoms with Gasteiger partial charge in [-0.2, -0.15) is 0 Å². The number of ether oxygens (including phenoxy) is 2. The van der Waals surface area contributed by atoms with E-state index in [0.717, 1.165) is 0 Å². The lowest BCUT2D eigenvalue weighted by Gasteiger charge is -2.34. The quantitative estimate of drug-likeness (QED) is 0.184. The van der Waals surface area contributed by atoms with Crippen molar-refractivity contribution >= 4 is 65.8 Å². The number of hydrogen-bond donors (Lipinski definition) is 4. The average molecular weight is 803 g/mol. The van der Waals surface area contributed by atoms with E-state index >= 15 is 0 Å². The molecule has 1 aliphatic heterocycles. The Hall–Kier alpha value is -4.29. The highest BCUT2D eigenvalue weighted by Crippen LogP contribution is 2.53. The van der Waals surface area contributed by atoms with E-state index in [9.17, 15) is 31.2 Å². The predicted octanol–water partition coefficient (Wildman–Crippen LogP) is 3.09. The van der Waals surface area contributed by atoms with Crippen molar-refractivity contribution in [3.8, 4) is 11.6 Å². The van der Waals surface area contributed by atoms with Gasteiger partial charge in [-0.3, -0.25) is 29.3 Å². The lowest BCUT2D eigenvalue weighted by Crippen LogP contribution is -2.59. The van der Waals surface area contributed by atoms with Gasteiger partial charge in [-0.05, 0) is 67.1 Å². The largest absolute Gasteiger partial charge is 0.494 e. The number of nitrogens with zero attached hydrogens (tertiary/aromatic N) is 2. The number of likely N-dealkylation sites (tertiary alicyclic amines) is 1. The number of primary sulfonamides is 1. The summed E-state index contributed by atoms with van der Waals surface area (Å²) in [5, 5.41) is 11.8. The molecular weight excluding hydrogens is 760 g/mol. The fourth-order valence-corrected chi connectivity index (χ4v) is 9.01. The van der Waals surface area contributed by atoms with Gasteiger partial charge in [0, 0.05) is 40.4 Å². The molecule has 0 radical (unpaired) electrons. The Balaban J connectivity index is 1.30. The maximum absolute atomic E-state index is 14.3. The minimum absolute atomic E-state index is 0.000625. The standard InChI is InChI=1S/C36H43ClN6O9S2/c1-6-20-17-36(20,34(46)42-54(49,50)25-12-13-25)43-19-23(52-33-27-15-21(37)7-14-26(27)29(51-5)18-39-33)16-28(43)31(44)41-32(45)30(35(2,3)4)40-22-8-10-24(11-9-22)53(38,47)48/h6-11,14-15,18,20,23,25,28,30,40H,1,12-13,16-17,19H2,2-5H3,(H,42,46)(H2,38,47,48)(H,41,44,45)/t20-,23-,28+,30-,36-/m1/s1. The zero-order chi connectivity index (χ0) is 39.4. The molecule has 6 rings (SSSR count). The number of imide groups is 1. The van der Waals surface area contributed by atoms with E-state index < -0.39 is 78.1 Å². The molecule has 3 aromatic rings. The van der Waals surface area contributed by atoms with Crippen LogP contribution in [0.1, 0.15) is 46.5 Å². The first-order valence-corrected chi connectivity index (χ1v) is 20.7. The highest BCUT2D eigenvalue weighted by molar-refractivity contribution is 7.91. The van der Waals surface area contributed by atoms with Crippen molar-refractivity contribution in [3.05, 3.63) is 66.3 Å². The molecule has 5 atom stereocenters. The van der Waals surface area contributed by atoms with Gasteiger partial charge in [0.1, 0.15) is 23.4 Å². The fourth-order valence-electron chi connectivity index (χ4n) is 6.97. The Kier molecular flexibility index (Phi) is 10.5. The van der Waals surface area contributed by atoms with Crippen LogP contribution in [-0.2, 0) is 34.4 Å². The summed E-state index contributed by atoms with van der Waals surface area (Å²) in [7, 11) is -6.38. The molecule has 0 spiro atoms. The van der Waals surface area contributed by atoms with Gasteiger partial charge in [0.2, 0.25) is 37.7 Å².